The molecule has 0 rings (SSSR count). The first-order valence-electron chi connectivity index (χ1n) is 20.3. The van der Waals surface area contributed by atoms with Crippen LogP contribution in [0.25, 0.3) is 0 Å². The molecule has 0 aromatic rings. The standard InChI is InChI=1S/C45H71O9P/c1-3-5-7-9-11-13-15-17-18-19-20-22-24-26-28-30-34-38-44(47)52-40-43(41-53-55(49,50)51)54-45(48)39-35-31-33-37-42(46)36-32-29-27-25-23-21-16-14-12-10-8-6-4-2/h6,8,12,14,17-18,20-23,26-29,31-33,36,42-43,46H,3-5,7,9-11,13,15-16,19,24-25,30,34-35,37-41H2,1-2H3,(H2,49,50,51)/b8-6-,14-12-,18-17-,22-20-,23-21-,28-26-,29-27-,33-31-,36-32-/t42?,43-/m1/s1. The second-order valence-electron chi connectivity index (χ2n) is 13.1. The summed E-state index contributed by atoms with van der Waals surface area (Å²) in [5.74, 6) is -1.14. The lowest BCUT2D eigenvalue weighted by Gasteiger charge is -2.18. The molecule has 0 radical (unpaired) electrons. The van der Waals surface area contributed by atoms with Crippen molar-refractivity contribution in [2.45, 2.75) is 148 Å². The first kappa shape index (κ1) is 51.7. The van der Waals surface area contributed by atoms with Crippen LogP contribution in [0, 0.1) is 0 Å². The quantitative estimate of drug-likeness (QED) is 0.0188. The Morgan fingerprint density at radius 3 is 1.75 bits per heavy atom. The summed E-state index contributed by atoms with van der Waals surface area (Å²) in [5, 5.41) is 10.1. The number of carbonyl (C=O) groups excluding carboxylic acids is 2. The molecule has 0 heterocycles. The summed E-state index contributed by atoms with van der Waals surface area (Å²) in [4.78, 5) is 42.8. The summed E-state index contributed by atoms with van der Waals surface area (Å²) in [6, 6.07) is 0. The Balaban J connectivity index is 4.28. The minimum Gasteiger partial charge on any atom is -0.462 e. The van der Waals surface area contributed by atoms with Crippen molar-refractivity contribution in [1.82, 2.24) is 0 Å². The van der Waals surface area contributed by atoms with Gasteiger partial charge in [0.15, 0.2) is 6.10 Å². The lowest BCUT2D eigenvalue weighted by molar-refractivity contribution is -0.161. The fraction of sp³-hybridized carbons (Fsp3) is 0.556. The van der Waals surface area contributed by atoms with Crippen molar-refractivity contribution in [2.75, 3.05) is 13.2 Å². The van der Waals surface area contributed by atoms with Crippen molar-refractivity contribution in [2.24, 2.45) is 0 Å². The van der Waals surface area contributed by atoms with Crippen molar-refractivity contribution >= 4 is 19.8 Å². The van der Waals surface area contributed by atoms with Crippen molar-refractivity contribution < 1.29 is 43.0 Å². The van der Waals surface area contributed by atoms with Crippen LogP contribution in [0.15, 0.2) is 109 Å². The summed E-state index contributed by atoms with van der Waals surface area (Å²) in [6.07, 6.45) is 51.3. The van der Waals surface area contributed by atoms with E-state index < -0.39 is 38.6 Å². The third kappa shape index (κ3) is 41.7. The number of aliphatic hydroxyl groups is 1. The summed E-state index contributed by atoms with van der Waals surface area (Å²) < 4.78 is 26.2. The van der Waals surface area contributed by atoms with Crippen LogP contribution in [0.3, 0.4) is 0 Å². The molecule has 0 amide bonds. The SMILES string of the molecule is CC/C=C\C/C=C\C/C=C\C/C=C\C=C/C(O)C/C=C\CCC(=O)O[C@H](COC(=O)CCC/C=C\C/C=C\C/C=C\CCCCCCCC)COP(=O)(O)O. The molecule has 0 aliphatic rings. The number of ether oxygens (including phenoxy) is 2. The molecular weight excluding hydrogens is 715 g/mol. The maximum Gasteiger partial charge on any atom is 0.469 e. The highest BCUT2D eigenvalue weighted by Crippen LogP contribution is 2.35. The van der Waals surface area contributed by atoms with Crippen LogP contribution in [0.2, 0.25) is 0 Å². The van der Waals surface area contributed by atoms with Crippen LogP contribution in [0.1, 0.15) is 136 Å². The van der Waals surface area contributed by atoms with Gasteiger partial charge in [-0.05, 0) is 77.0 Å². The minimum absolute atomic E-state index is 0.0117. The Hall–Kier alpha value is -3.33. The molecule has 3 N–H and O–H groups in total. The normalized spacial score (nSPS) is 14.2. The third-order valence-corrected chi connectivity index (χ3v) is 8.35. The van der Waals surface area contributed by atoms with Gasteiger partial charge in [0.25, 0.3) is 0 Å². The fourth-order valence-corrected chi connectivity index (χ4v) is 5.21. The summed E-state index contributed by atoms with van der Waals surface area (Å²) in [7, 11) is -4.82. The monoisotopic (exact) mass is 786 g/mol. The molecule has 0 bridgehead atoms. The number of hydrogen-bond donors (Lipinski definition) is 3. The van der Waals surface area contributed by atoms with Crippen molar-refractivity contribution in [3.8, 4) is 0 Å². The van der Waals surface area contributed by atoms with E-state index in [1.165, 1.54) is 38.5 Å². The van der Waals surface area contributed by atoms with Crippen LogP contribution in [0.4, 0.5) is 0 Å². The summed E-state index contributed by atoms with van der Waals surface area (Å²) in [5.41, 5.74) is 0. The van der Waals surface area contributed by atoms with E-state index in [1.54, 1.807) is 24.3 Å². The van der Waals surface area contributed by atoms with Crippen molar-refractivity contribution in [3.05, 3.63) is 109 Å². The zero-order chi connectivity index (χ0) is 40.5. The predicted octanol–water partition coefficient (Wildman–Crippen LogP) is 11.4. The van der Waals surface area contributed by atoms with E-state index in [4.69, 9.17) is 19.3 Å². The molecular formula is C45H71O9P. The number of phosphoric acid groups is 1. The Bertz CT molecular complexity index is 1270. The molecule has 0 fully saturated rings. The summed E-state index contributed by atoms with van der Waals surface area (Å²) >= 11 is 0. The molecule has 10 heteroatoms. The largest absolute Gasteiger partial charge is 0.469 e. The molecule has 0 saturated heterocycles. The van der Waals surface area contributed by atoms with Crippen LogP contribution in [-0.2, 0) is 28.2 Å². The predicted molar refractivity (Wildman–Crippen MR) is 226 cm³/mol. The Kier molecular flexibility index (Phi) is 36.6. The van der Waals surface area contributed by atoms with Gasteiger partial charge in [-0.25, -0.2) is 4.57 Å². The lowest BCUT2D eigenvalue weighted by atomic mass is 10.1. The Morgan fingerprint density at radius 2 is 1.13 bits per heavy atom. The van der Waals surface area contributed by atoms with Gasteiger partial charge in [-0.3, -0.25) is 14.1 Å². The van der Waals surface area contributed by atoms with E-state index in [2.05, 4.69) is 85.2 Å². The molecule has 0 aliphatic carbocycles. The maximum atomic E-state index is 12.4. The van der Waals surface area contributed by atoms with E-state index in [1.807, 2.05) is 18.2 Å². The van der Waals surface area contributed by atoms with E-state index in [0.717, 1.165) is 44.9 Å². The number of aliphatic hydroxyl groups excluding tert-OH is 1. The number of esters is 2. The highest BCUT2D eigenvalue weighted by Gasteiger charge is 2.22. The molecule has 0 aromatic heterocycles. The van der Waals surface area contributed by atoms with E-state index in [9.17, 15) is 19.3 Å². The average molecular weight is 787 g/mol. The molecule has 2 atom stereocenters. The molecule has 55 heavy (non-hydrogen) atoms. The number of rotatable bonds is 35. The highest BCUT2D eigenvalue weighted by atomic mass is 31.2. The molecule has 310 valence electrons. The van der Waals surface area contributed by atoms with Gasteiger partial charge in [0.1, 0.15) is 6.61 Å². The topological polar surface area (TPSA) is 140 Å². The number of unbranched alkanes of at least 4 members (excludes halogenated alkanes) is 7. The van der Waals surface area contributed by atoms with E-state index in [0.29, 0.717) is 25.7 Å². The zero-order valence-corrected chi connectivity index (χ0v) is 34.5. The van der Waals surface area contributed by atoms with Crippen LogP contribution < -0.4 is 0 Å². The van der Waals surface area contributed by atoms with E-state index >= 15 is 0 Å². The van der Waals surface area contributed by atoms with Gasteiger partial charge in [0.2, 0.25) is 0 Å². The van der Waals surface area contributed by atoms with Crippen molar-refractivity contribution in [1.29, 1.82) is 0 Å². The number of carbonyl (C=O) groups is 2. The lowest BCUT2D eigenvalue weighted by Crippen LogP contribution is -2.29. The molecule has 9 nitrogen and oxygen atoms in total. The number of hydrogen-bond acceptors (Lipinski definition) is 7. The molecule has 1 unspecified atom stereocenters. The smallest absolute Gasteiger partial charge is 0.462 e. The second-order valence-corrected chi connectivity index (χ2v) is 14.3. The van der Waals surface area contributed by atoms with Crippen LogP contribution in [-0.4, -0.2) is 52.3 Å². The van der Waals surface area contributed by atoms with Crippen LogP contribution >= 0.6 is 7.82 Å². The Morgan fingerprint density at radius 1 is 0.582 bits per heavy atom. The maximum absolute atomic E-state index is 12.4. The van der Waals surface area contributed by atoms with E-state index in [-0.39, 0.29) is 19.4 Å². The van der Waals surface area contributed by atoms with Gasteiger partial charge in [0, 0.05) is 12.8 Å². The summed E-state index contributed by atoms with van der Waals surface area (Å²) in [6.45, 7) is 3.35. The highest BCUT2D eigenvalue weighted by molar-refractivity contribution is 7.46. The number of phosphoric ester groups is 1. The molecule has 0 aromatic carbocycles. The zero-order valence-electron chi connectivity index (χ0n) is 33.6. The van der Waals surface area contributed by atoms with Crippen LogP contribution in [0.5, 0.6) is 0 Å². The van der Waals surface area contributed by atoms with Gasteiger partial charge in [-0.15, -0.1) is 0 Å². The van der Waals surface area contributed by atoms with Gasteiger partial charge in [-0.2, -0.15) is 0 Å². The van der Waals surface area contributed by atoms with Gasteiger partial charge in [-0.1, -0.05) is 155 Å². The fourth-order valence-electron chi connectivity index (χ4n) is 4.85. The van der Waals surface area contributed by atoms with Gasteiger partial charge < -0.3 is 24.4 Å². The minimum atomic E-state index is -4.82. The molecule has 0 aliphatic heterocycles. The number of allylic oxidation sites excluding steroid dienone is 16. The average Bonchev–Trinajstić information content (AvgIpc) is 3.15. The second kappa shape index (κ2) is 38.9. The third-order valence-electron chi connectivity index (χ3n) is 7.87. The van der Waals surface area contributed by atoms with Gasteiger partial charge in [0.05, 0.1) is 12.7 Å². The first-order chi connectivity index (χ1) is 26.7. The van der Waals surface area contributed by atoms with Gasteiger partial charge >= 0.3 is 19.8 Å². The first-order valence-corrected chi connectivity index (χ1v) is 21.8. The molecule has 0 saturated carbocycles. The molecule has 0 spiro atoms. The Labute approximate surface area is 332 Å². The van der Waals surface area contributed by atoms with Crippen molar-refractivity contribution in [3.63, 3.8) is 0 Å².